The first-order valence-electron chi connectivity index (χ1n) is 9.13. The zero-order chi connectivity index (χ0) is 20.3. The molecule has 0 saturated carbocycles. The molecule has 1 aliphatic rings. The molecule has 150 valence electrons. The summed E-state index contributed by atoms with van der Waals surface area (Å²) in [5, 5.41) is 3.85. The van der Waals surface area contributed by atoms with Crippen molar-refractivity contribution < 1.29 is 9.18 Å². The molecule has 1 aromatic heterocycles. The van der Waals surface area contributed by atoms with Gasteiger partial charge in [0.25, 0.3) is 5.91 Å². The second kappa shape index (κ2) is 8.64. The molecular formula is C20H23Cl2FN4O. The predicted octanol–water partition coefficient (Wildman–Crippen LogP) is 4.01. The van der Waals surface area contributed by atoms with Crippen LogP contribution in [0.1, 0.15) is 34.5 Å². The quantitative estimate of drug-likeness (QED) is 0.760. The monoisotopic (exact) mass is 424 g/mol. The SMILES string of the molecule is Cc1ccc(CNCC2(F)CCN(C(=O)c3ccc(Cl)c(Cl)c3)CC2)nc1N. The van der Waals surface area contributed by atoms with Crippen LogP contribution in [0.4, 0.5) is 10.2 Å². The van der Waals surface area contributed by atoms with Gasteiger partial charge in [0.15, 0.2) is 0 Å². The topological polar surface area (TPSA) is 71.2 Å². The second-order valence-electron chi connectivity index (χ2n) is 7.18. The molecule has 1 aromatic carbocycles. The van der Waals surface area contributed by atoms with Crippen LogP contribution in [-0.2, 0) is 6.54 Å². The highest BCUT2D eigenvalue weighted by Crippen LogP contribution is 2.28. The number of pyridine rings is 1. The molecule has 0 bridgehead atoms. The molecule has 28 heavy (non-hydrogen) atoms. The molecule has 1 saturated heterocycles. The predicted molar refractivity (Wildman–Crippen MR) is 111 cm³/mol. The van der Waals surface area contributed by atoms with E-state index in [1.807, 2.05) is 19.1 Å². The fourth-order valence-corrected chi connectivity index (χ4v) is 3.50. The van der Waals surface area contributed by atoms with Crippen molar-refractivity contribution in [2.75, 3.05) is 25.4 Å². The van der Waals surface area contributed by atoms with Crippen LogP contribution in [0, 0.1) is 6.92 Å². The van der Waals surface area contributed by atoms with Crippen molar-refractivity contribution in [2.45, 2.75) is 32.0 Å². The van der Waals surface area contributed by atoms with Gasteiger partial charge in [0, 0.05) is 44.6 Å². The van der Waals surface area contributed by atoms with E-state index in [0.29, 0.717) is 41.1 Å². The summed E-state index contributed by atoms with van der Waals surface area (Å²) in [6.45, 7) is 3.25. The molecule has 2 aromatic rings. The lowest BCUT2D eigenvalue weighted by molar-refractivity contribution is 0.0434. The first-order valence-corrected chi connectivity index (χ1v) is 9.89. The van der Waals surface area contributed by atoms with Crippen molar-refractivity contribution in [3.05, 3.63) is 57.2 Å². The van der Waals surface area contributed by atoms with Gasteiger partial charge in [-0.2, -0.15) is 0 Å². The van der Waals surface area contributed by atoms with Crippen LogP contribution >= 0.6 is 23.2 Å². The average molecular weight is 425 g/mol. The highest BCUT2D eigenvalue weighted by Gasteiger charge is 2.35. The van der Waals surface area contributed by atoms with Crippen LogP contribution in [0.5, 0.6) is 0 Å². The number of aryl methyl sites for hydroxylation is 1. The van der Waals surface area contributed by atoms with Gasteiger partial charge in [-0.1, -0.05) is 29.3 Å². The minimum Gasteiger partial charge on any atom is -0.383 e. The number of alkyl halides is 1. The maximum Gasteiger partial charge on any atom is 0.253 e. The lowest BCUT2D eigenvalue weighted by Gasteiger charge is -2.36. The number of carbonyl (C=O) groups is 1. The number of nitrogen functional groups attached to an aromatic ring is 1. The third kappa shape index (κ3) is 4.93. The van der Waals surface area contributed by atoms with E-state index in [1.54, 1.807) is 23.1 Å². The number of nitrogens with zero attached hydrogens (tertiary/aromatic N) is 2. The van der Waals surface area contributed by atoms with Crippen LogP contribution in [0.25, 0.3) is 0 Å². The minimum absolute atomic E-state index is 0.159. The molecule has 2 heterocycles. The van der Waals surface area contributed by atoms with E-state index >= 15 is 4.39 Å². The Morgan fingerprint density at radius 1 is 1.25 bits per heavy atom. The minimum atomic E-state index is -1.36. The van der Waals surface area contributed by atoms with Gasteiger partial charge in [-0.25, -0.2) is 9.37 Å². The van der Waals surface area contributed by atoms with Crippen molar-refractivity contribution in [2.24, 2.45) is 0 Å². The number of hydrogen-bond donors (Lipinski definition) is 2. The molecule has 0 unspecified atom stereocenters. The number of benzene rings is 1. The maximum absolute atomic E-state index is 15.1. The fourth-order valence-electron chi connectivity index (χ4n) is 3.20. The molecule has 3 N–H and O–H groups in total. The second-order valence-corrected chi connectivity index (χ2v) is 7.99. The molecule has 0 radical (unpaired) electrons. The molecular weight excluding hydrogens is 402 g/mol. The normalized spacial score (nSPS) is 16.2. The third-order valence-electron chi connectivity index (χ3n) is 5.06. The van der Waals surface area contributed by atoms with Crippen molar-refractivity contribution in [1.82, 2.24) is 15.2 Å². The summed E-state index contributed by atoms with van der Waals surface area (Å²) in [4.78, 5) is 18.5. The number of nitrogens with two attached hydrogens (primary N) is 1. The number of hydrogen-bond acceptors (Lipinski definition) is 4. The Bertz CT molecular complexity index is 869. The standard InChI is InChI=1S/C20H23Cl2FN4O/c1-13-2-4-15(26-18(13)24)11-25-12-20(23)6-8-27(9-7-20)19(28)14-3-5-16(21)17(22)10-14/h2-5,10,25H,6-9,11-12H2,1H3,(H2,24,26). The average Bonchev–Trinajstić information content (AvgIpc) is 2.67. The summed E-state index contributed by atoms with van der Waals surface area (Å²) >= 11 is 11.9. The van der Waals surface area contributed by atoms with E-state index in [9.17, 15) is 4.79 Å². The van der Waals surface area contributed by atoms with Crippen molar-refractivity contribution in [1.29, 1.82) is 0 Å². The smallest absolute Gasteiger partial charge is 0.253 e. The Morgan fingerprint density at radius 3 is 2.61 bits per heavy atom. The van der Waals surface area contributed by atoms with E-state index in [4.69, 9.17) is 28.9 Å². The van der Waals surface area contributed by atoms with Crippen LogP contribution in [0.3, 0.4) is 0 Å². The number of nitrogens with one attached hydrogen (secondary N) is 1. The summed E-state index contributed by atoms with van der Waals surface area (Å²) < 4.78 is 15.1. The molecule has 8 heteroatoms. The lowest BCUT2D eigenvalue weighted by Crippen LogP contribution is -2.48. The van der Waals surface area contributed by atoms with Gasteiger partial charge < -0.3 is 16.0 Å². The fraction of sp³-hybridized carbons (Fsp3) is 0.400. The Labute approximate surface area is 174 Å². The van der Waals surface area contributed by atoms with Crippen molar-refractivity contribution in [3.8, 4) is 0 Å². The van der Waals surface area contributed by atoms with Crippen molar-refractivity contribution >= 4 is 34.9 Å². The van der Waals surface area contributed by atoms with Gasteiger partial charge in [-0.3, -0.25) is 4.79 Å². The van der Waals surface area contributed by atoms with E-state index < -0.39 is 5.67 Å². The Kier molecular flexibility index (Phi) is 6.43. The number of likely N-dealkylation sites (tertiary alicyclic amines) is 1. The number of carbonyl (C=O) groups excluding carboxylic acids is 1. The van der Waals surface area contributed by atoms with Crippen molar-refractivity contribution in [3.63, 3.8) is 0 Å². The van der Waals surface area contributed by atoms with Crippen LogP contribution in [0.15, 0.2) is 30.3 Å². The van der Waals surface area contributed by atoms with Crippen LogP contribution in [0.2, 0.25) is 10.0 Å². The van der Waals surface area contributed by atoms with E-state index in [-0.39, 0.29) is 25.3 Å². The molecule has 3 rings (SSSR count). The van der Waals surface area contributed by atoms with Gasteiger partial charge >= 0.3 is 0 Å². The first-order chi connectivity index (χ1) is 13.3. The van der Waals surface area contributed by atoms with Gasteiger partial charge in [0.1, 0.15) is 11.5 Å². The van der Waals surface area contributed by atoms with Gasteiger partial charge in [0.05, 0.1) is 15.7 Å². The Balaban J connectivity index is 1.51. The third-order valence-corrected chi connectivity index (χ3v) is 5.79. The lowest BCUT2D eigenvalue weighted by atomic mass is 9.92. The van der Waals surface area contributed by atoms with Gasteiger partial charge in [-0.15, -0.1) is 0 Å². The van der Waals surface area contributed by atoms with Gasteiger partial charge in [0.2, 0.25) is 0 Å². The number of anilines is 1. The summed E-state index contributed by atoms with van der Waals surface area (Å²) in [6.07, 6.45) is 0.549. The number of halogens is 3. The molecule has 1 amide bonds. The molecule has 0 spiro atoms. The molecule has 0 aliphatic carbocycles. The molecule has 1 fully saturated rings. The summed E-state index contributed by atoms with van der Waals surface area (Å²) in [5.74, 6) is 0.330. The van der Waals surface area contributed by atoms with E-state index in [2.05, 4.69) is 10.3 Å². The van der Waals surface area contributed by atoms with E-state index in [0.717, 1.165) is 11.3 Å². The van der Waals surface area contributed by atoms with Crippen LogP contribution < -0.4 is 11.1 Å². The summed E-state index contributed by atoms with van der Waals surface area (Å²) in [6, 6.07) is 8.55. The summed E-state index contributed by atoms with van der Waals surface area (Å²) in [5.41, 5.74) is 6.61. The number of piperidine rings is 1. The Hall–Kier alpha value is -1.89. The maximum atomic E-state index is 15.1. The van der Waals surface area contributed by atoms with E-state index in [1.165, 1.54) is 0 Å². The molecule has 1 aliphatic heterocycles. The zero-order valence-corrected chi connectivity index (χ0v) is 17.2. The molecule has 0 atom stereocenters. The van der Waals surface area contributed by atoms with Gasteiger partial charge in [-0.05, 0) is 36.8 Å². The number of amides is 1. The summed E-state index contributed by atoms with van der Waals surface area (Å²) in [7, 11) is 0. The largest absolute Gasteiger partial charge is 0.383 e. The number of rotatable bonds is 5. The molecule has 5 nitrogen and oxygen atoms in total. The highest BCUT2D eigenvalue weighted by atomic mass is 35.5. The highest BCUT2D eigenvalue weighted by molar-refractivity contribution is 6.42. The first kappa shape index (κ1) is 20.8. The number of aromatic nitrogens is 1. The zero-order valence-electron chi connectivity index (χ0n) is 15.6. The Morgan fingerprint density at radius 2 is 1.96 bits per heavy atom. The van der Waals surface area contributed by atoms with Crippen LogP contribution in [-0.4, -0.2) is 41.1 Å².